The van der Waals surface area contributed by atoms with Crippen molar-refractivity contribution >= 4 is 23.8 Å². The Morgan fingerprint density at radius 2 is 1.68 bits per heavy atom. The Balaban J connectivity index is 1.69. The fraction of sp³-hybridized carbons (Fsp3) is 0.364. The minimum atomic E-state index is -1.00. The van der Waals surface area contributed by atoms with E-state index >= 15 is 0 Å². The SMILES string of the molecule is CSCCCC(C(=O)O)N(C)C(=O)OCC1c2ccccc2-c2ccccc21. The highest BCUT2D eigenvalue weighted by molar-refractivity contribution is 7.98. The van der Waals surface area contributed by atoms with Gasteiger partial charge in [-0.05, 0) is 47.1 Å². The van der Waals surface area contributed by atoms with Crippen molar-refractivity contribution in [1.82, 2.24) is 4.90 Å². The molecule has 1 unspecified atom stereocenters. The average Bonchev–Trinajstić information content (AvgIpc) is 3.02. The zero-order chi connectivity index (χ0) is 20.1. The van der Waals surface area contributed by atoms with E-state index in [2.05, 4.69) is 24.3 Å². The molecule has 0 bridgehead atoms. The molecule has 1 aliphatic carbocycles. The maximum Gasteiger partial charge on any atom is 0.410 e. The Bertz CT molecular complexity index is 808. The van der Waals surface area contributed by atoms with Crippen LogP contribution in [-0.4, -0.2) is 53.8 Å². The van der Waals surface area contributed by atoms with E-state index in [1.165, 1.54) is 11.9 Å². The third-order valence-electron chi connectivity index (χ3n) is 5.20. The van der Waals surface area contributed by atoms with Crippen LogP contribution in [0.3, 0.4) is 0 Å². The van der Waals surface area contributed by atoms with Crippen LogP contribution in [0.4, 0.5) is 4.79 Å². The number of carbonyl (C=O) groups is 2. The van der Waals surface area contributed by atoms with Crippen LogP contribution in [0.2, 0.25) is 0 Å². The number of hydrogen-bond donors (Lipinski definition) is 1. The molecule has 0 spiro atoms. The van der Waals surface area contributed by atoms with E-state index in [9.17, 15) is 14.7 Å². The Morgan fingerprint density at radius 3 is 2.21 bits per heavy atom. The summed E-state index contributed by atoms with van der Waals surface area (Å²) in [6, 6.07) is 15.4. The van der Waals surface area contributed by atoms with Gasteiger partial charge >= 0.3 is 12.1 Å². The molecule has 148 valence electrons. The quantitative estimate of drug-likeness (QED) is 0.664. The van der Waals surface area contributed by atoms with Gasteiger partial charge in [-0.25, -0.2) is 9.59 Å². The highest BCUT2D eigenvalue weighted by Gasteiger charge is 2.31. The van der Waals surface area contributed by atoms with E-state index in [0.717, 1.165) is 34.4 Å². The second kappa shape index (κ2) is 9.15. The van der Waals surface area contributed by atoms with E-state index in [-0.39, 0.29) is 12.5 Å². The van der Waals surface area contributed by atoms with Gasteiger partial charge in [-0.1, -0.05) is 48.5 Å². The van der Waals surface area contributed by atoms with Crippen LogP contribution < -0.4 is 0 Å². The zero-order valence-corrected chi connectivity index (χ0v) is 16.9. The average molecular weight is 400 g/mol. The van der Waals surface area contributed by atoms with Crippen LogP contribution in [0.15, 0.2) is 48.5 Å². The summed E-state index contributed by atoms with van der Waals surface area (Å²) in [5.41, 5.74) is 4.59. The van der Waals surface area contributed by atoms with Crippen molar-refractivity contribution in [2.75, 3.05) is 25.7 Å². The summed E-state index contributed by atoms with van der Waals surface area (Å²) < 4.78 is 5.56. The molecule has 3 rings (SSSR count). The molecular weight excluding hydrogens is 374 g/mol. The summed E-state index contributed by atoms with van der Waals surface area (Å²) in [6.45, 7) is 0.189. The van der Waals surface area contributed by atoms with E-state index < -0.39 is 18.1 Å². The predicted molar refractivity (Wildman–Crippen MR) is 112 cm³/mol. The highest BCUT2D eigenvalue weighted by Crippen LogP contribution is 2.44. The number of hydrogen-bond acceptors (Lipinski definition) is 4. The van der Waals surface area contributed by atoms with Gasteiger partial charge in [0.15, 0.2) is 0 Å². The van der Waals surface area contributed by atoms with Crippen LogP contribution in [0.5, 0.6) is 0 Å². The van der Waals surface area contributed by atoms with Gasteiger partial charge in [0.25, 0.3) is 0 Å². The fourth-order valence-corrected chi connectivity index (χ4v) is 4.18. The first-order chi connectivity index (χ1) is 13.5. The van der Waals surface area contributed by atoms with Crippen LogP contribution >= 0.6 is 11.8 Å². The van der Waals surface area contributed by atoms with E-state index in [1.807, 2.05) is 30.5 Å². The first kappa shape index (κ1) is 20.3. The number of nitrogens with zero attached hydrogens (tertiary/aromatic N) is 1. The molecule has 6 heteroatoms. The second-order valence-electron chi connectivity index (χ2n) is 6.90. The fourth-order valence-electron chi connectivity index (χ4n) is 3.73. The largest absolute Gasteiger partial charge is 0.480 e. The zero-order valence-electron chi connectivity index (χ0n) is 16.1. The number of fused-ring (bicyclic) bond motifs is 3. The highest BCUT2D eigenvalue weighted by atomic mass is 32.2. The number of rotatable bonds is 8. The summed E-state index contributed by atoms with van der Waals surface area (Å²) in [6.07, 6.45) is 2.53. The number of carbonyl (C=O) groups excluding carboxylic acids is 1. The molecule has 5 nitrogen and oxygen atoms in total. The minimum absolute atomic E-state index is 0.0375. The number of amides is 1. The lowest BCUT2D eigenvalue weighted by atomic mass is 9.98. The molecule has 0 radical (unpaired) electrons. The standard InChI is InChI=1S/C22H25NO4S/c1-23(20(21(24)25)12-7-13-28-2)22(26)27-14-19-17-10-5-3-8-15(17)16-9-4-6-11-18(16)19/h3-6,8-11,19-20H,7,12-14H2,1-2H3,(H,24,25). The van der Waals surface area contributed by atoms with Crippen molar-refractivity contribution < 1.29 is 19.4 Å². The van der Waals surface area contributed by atoms with Crippen molar-refractivity contribution in [3.8, 4) is 11.1 Å². The first-order valence-corrected chi connectivity index (χ1v) is 10.7. The smallest absolute Gasteiger partial charge is 0.410 e. The summed E-state index contributed by atoms with van der Waals surface area (Å²) >= 11 is 1.66. The summed E-state index contributed by atoms with van der Waals surface area (Å²) in [5, 5.41) is 9.48. The van der Waals surface area contributed by atoms with Gasteiger partial charge in [0.2, 0.25) is 0 Å². The molecule has 0 fully saturated rings. The monoisotopic (exact) mass is 399 g/mol. The second-order valence-corrected chi connectivity index (χ2v) is 7.89. The third kappa shape index (κ3) is 4.17. The van der Waals surface area contributed by atoms with Crippen LogP contribution in [-0.2, 0) is 9.53 Å². The van der Waals surface area contributed by atoms with Crippen molar-refractivity contribution in [2.24, 2.45) is 0 Å². The third-order valence-corrected chi connectivity index (χ3v) is 5.90. The van der Waals surface area contributed by atoms with Crippen LogP contribution in [0, 0.1) is 0 Å². The number of carboxylic acids is 1. The number of carboxylic acid groups (broad SMARTS) is 1. The van der Waals surface area contributed by atoms with Gasteiger partial charge in [-0.15, -0.1) is 0 Å². The van der Waals surface area contributed by atoms with Crippen LogP contribution in [0.1, 0.15) is 29.9 Å². The molecule has 0 heterocycles. The van der Waals surface area contributed by atoms with Crippen molar-refractivity contribution in [2.45, 2.75) is 24.8 Å². The van der Waals surface area contributed by atoms with Gasteiger partial charge in [-0.3, -0.25) is 4.90 Å². The maximum absolute atomic E-state index is 12.5. The van der Waals surface area contributed by atoms with Crippen molar-refractivity contribution in [3.05, 3.63) is 59.7 Å². The molecule has 28 heavy (non-hydrogen) atoms. The predicted octanol–water partition coefficient (Wildman–Crippen LogP) is 4.46. The number of ether oxygens (including phenoxy) is 1. The molecule has 1 amide bonds. The Kier molecular flexibility index (Phi) is 6.62. The lowest BCUT2D eigenvalue weighted by Crippen LogP contribution is -2.43. The lowest BCUT2D eigenvalue weighted by Gasteiger charge is -2.25. The molecule has 0 aromatic heterocycles. The minimum Gasteiger partial charge on any atom is -0.480 e. The van der Waals surface area contributed by atoms with Crippen LogP contribution in [0.25, 0.3) is 11.1 Å². The normalized spacial score (nSPS) is 13.5. The number of benzene rings is 2. The molecule has 1 N–H and O–H groups in total. The maximum atomic E-state index is 12.5. The lowest BCUT2D eigenvalue weighted by molar-refractivity contribution is -0.142. The molecule has 0 saturated carbocycles. The van der Waals surface area contributed by atoms with Crippen molar-refractivity contribution in [1.29, 1.82) is 0 Å². The van der Waals surface area contributed by atoms with Gasteiger partial charge in [0.05, 0.1) is 0 Å². The summed E-state index contributed by atoms with van der Waals surface area (Å²) in [5.74, 6) is -0.177. The molecular formula is C22H25NO4S. The summed E-state index contributed by atoms with van der Waals surface area (Å²) in [7, 11) is 1.50. The van der Waals surface area contributed by atoms with E-state index in [4.69, 9.17) is 4.74 Å². The topological polar surface area (TPSA) is 66.8 Å². The molecule has 1 atom stereocenters. The number of aliphatic carboxylic acids is 1. The molecule has 2 aromatic carbocycles. The number of thioether (sulfide) groups is 1. The molecule has 0 aliphatic heterocycles. The van der Waals surface area contributed by atoms with Gasteiger partial charge in [0, 0.05) is 13.0 Å². The van der Waals surface area contributed by atoms with E-state index in [1.54, 1.807) is 11.8 Å². The Labute approximate surface area is 169 Å². The molecule has 2 aromatic rings. The summed E-state index contributed by atoms with van der Waals surface area (Å²) in [4.78, 5) is 25.3. The van der Waals surface area contributed by atoms with Gasteiger partial charge in [-0.2, -0.15) is 11.8 Å². The number of likely N-dealkylation sites (N-methyl/N-ethyl adjacent to an activating group) is 1. The first-order valence-electron chi connectivity index (χ1n) is 9.34. The Morgan fingerprint density at radius 1 is 1.11 bits per heavy atom. The van der Waals surface area contributed by atoms with E-state index in [0.29, 0.717) is 6.42 Å². The molecule has 0 saturated heterocycles. The van der Waals surface area contributed by atoms with Crippen molar-refractivity contribution in [3.63, 3.8) is 0 Å². The van der Waals surface area contributed by atoms with Gasteiger partial charge < -0.3 is 9.84 Å². The molecule has 1 aliphatic rings. The van der Waals surface area contributed by atoms with Gasteiger partial charge in [0.1, 0.15) is 12.6 Å². The Hall–Kier alpha value is -2.47.